The summed E-state index contributed by atoms with van der Waals surface area (Å²) < 4.78 is 1.22. The number of aromatic carboxylic acids is 1. The molecular weight excluding hydrogens is 196 g/mol. The molecule has 0 fully saturated rings. The van der Waals surface area contributed by atoms with Crippen molar-refractivity contribution in [2.24, 2.45) is 0 Å². The summed E-state index contributed by atoms with van der Waals surface area (Å²) in [6.07, 6.45) is 2.95. The number of hydrogen-bond acceptors (Lipinski definition) is 4. The molecule has 2 rings (SSSR count). The van der Waals surface area contributed by atoms with E-state index in [4.69, 9.17) is 5.11 Å². The number of rotatable bonds is 3. The average molecular weight is 206 g/mol. The van der Waals surface area contributed by atoms with Crippen LogP contribution >= 0.6 is 0 Å². The number of carboxylic acids is 1. The highest BCUT2D eigenvalue weighted by Crippen LogP contribution is 2.07. The predicted octanol–water partition coefficient (Wildman–Crippen LogP) is 0.775. The molecule has 1 N–H and O–H groups in total. The first-order chi connectivity index (χ1) is 7.22. The molecule has 0 aromatic carbocycles. The molecule has 6 heteroatoms. The Kier molecular flexibility index (Phi) is 2.32. The van der Waals surface area contributed by atoms with Crippen LogP contribution in [0, 0.1) is 0 Å². The standard InChI is InChI=1S/C9H10N4O2/c1-2-3-6-4-7(8(14)15)13-9(12-6)10-5-11-13/h4-5H,2-3H2,1H3,(H,14,15). The summed E-state index contributed by atoms with van der Waals surface area (Å²) in [6.45, 7) is 2.01. The lowest BCUT2D eigenvalue weighted by Crippen LogP contribution is -2.09. The fourth-order valence-electron chi connectivity index (χ4n) is 1.40. The van der Waals surface area contributed by atoms with Gasteiger partial charge in [0.1, 0.15) is 6.33 Å². The molecule has 2 aromatic rings. The van der Waals surface area contributed by atoms with Crippen LogP contribution in [0.1, 0.15) is 29.5 Å². The van der Waals surface area contributed by atoms with Crippen LogP contribution < -0.4 is 0 Å². The van der Waals surface area contributed by atoms with Crippen molar-refractivity contribution < 1.29 is 9.90 Å². The van der Waals surface area contributed by atoms with Crippen LogP contribution in [0.3, 0.4) is 0 Å². The average Bonchev–Trinajstić information content (AvgIpc) is 2.64. The number of aryl methyl sites for hydroxylation is 1. The van der Waals surface area contributed by atoms with Crippen LogP contribution in [0.2, 0.25) is 0 Å². The Morgan fingerprint density at radius 3 is 3.07 bits per heavy atom. The molecule has 0 atom stereocenters. The maximum Gasteiger partial charge on any atom is 0.354 e. The molecule has 0 aliphatic heterocycles. The molecule has 78 valence electrons. The number of fused-ring (bicyclic) bond motifs is 1. The summed E-state index contributed by atoms with van der Waals surface area (Å²) in [5.41, 5.74) is 0.830. The van der Waals surface area contributed by atoms with Gasteiger partial charge in [0.25, 0.3) is 5.78 Å². The van der Waals surface area contributed by atoms with Gasteiger partial charge < -0.3 is 5.11 Å². The lowest BCUT2D eigenvalue weighted by atomic mass is 10.2. The minimum atomic E-state index is -1.02. The molecule has 0 aliphatic carbocycles. The maximum absolute atomic E-state index is 11.0. The van der Waals surface area contributed by atoms with Crippen LogP contribution in [0.4, 0.5) is 0 Å². The molecule has 6 nitrogen and oxygen atoms in total. The second kappa shape index (κ2) is 3.64. The Labute approximate surface area is 85.6 Å². The first kappa shape index (κ1) is 9.57. The Morgan fingerprint density at radius 1 is 1.60 bits per heavy atom. The van der Waals surface area contributed by atoms with Crippen LogP contribution in [-0.2, 0) is 6.42 Å². The number of carboxylic acid groups (broad SMARTS) is 1. The summed E-state index contributed by atoms with van der Waals surface area (Å²) >= 11 is 0. The second-order valence-electron chi connectivity index (χ2n) is 3.16. The number of aromatic nitrogens is 4. The van der Waals surface area contributed by atoms with Gasteiger partial charge in [-0.05, 0) is 12.5 Å². The molecule has 0 bridgehead atoms. The third-order valence-corrected chi connectivity index (χ3v) is 2.03. The van der Waals surface area contributed by atoms with Crippen molar-refractivity contribution >= 4 is 11.7 Å². The Morgan fingerprint density at radius 2 is 2.40 bits per heavy atom. The first-order valence-corrected chi connectivity index (χ1v) is 4.65. The van der Waals surface area contributed by atoms with Crippen molar-refractivity contribution in [3.05, 3.63) is 23.8 Å². The Balaban J connectivity index is 2.63. The highest BCUT2D eigenvalue weighted by atomic mass is 16.4. The van der Waals surface area contributed by atoms with Gasteiger partial charge in [0.05, 0.1) is 0 Å². The third-order valence-electron chi connectivity index (χ3n) is 2.03. The van der Waals surface area contributed by atoms with Gasteiger partial charge in [0, 0.05) is 5.69 Å². The molecule has 0 radical (unpaired) electrons. The topological polar surface area (TPSA) is 80.4 Å². The van der Waals surface area contributed by atoms with E-state index >= 15 is 0 Å². The molecule has 2 heterocycles. The van der Waals surface area contributed by atoms with Crippen LogP contribution in [0.5, 0.6) is 0 Å². The quantitative estimate of drug-likeness (QED) is 0.802. The van der Waals surface area contributed by atoms with Gasteiger partial charge in [0.15, 0.2) is 5.69 Å². The van der Waals surface area contributed by atoms with Crippen molar-refractivity contribution in [1.82, 2.24) is 19.6 Å². The van der Waals surface area contributed by atoms with E-state index in [1.165, 1.54) is 16.9 Å². The van der Waals surface area contributed by atoms with Crippen molar-refractivity contribution in [1.29, 1.82) is 0 Å². The van der Waals surface area contributed by atoms with Gasteiger partial charge in [-0.25, -0.2) is 9.78 Å². The van der Waals surface area contributed by atoms with E-state index in [9.17, 15) is 4.79 Å². The van der Waals surface area contributed by atoms with Crippen molar-refractivity contribution in [2.75, 3.05) is 0 Å². The van der Waals surface area contributed by atoms with E-state index in [-0.39, 0.29) is 5.69 Å². The molecule has 0 spiro atoms. The van der Waals surface area contributed by atoms with Gasteiger partial charge in [-0.3, -0.25) is 0 Å². The van der Waals surface area contributed by atoms with E-state index in [1.54, 1.807) is 0 Å². The van der Waals surface area contributed by atoms with Crippen molar-refractivity contribution in [3.8, 4) is 0 Å². The van der Waals surface area contributed by atoms with E-state index in [1.807, 2.05) is 6.92 Å². The molecule has 0 saturated heterocycles. The fourth-order valence-corrected chi connectivity index (χ4v) is 1.40. The summed E-state index contributed by atoms with van der Waals surface area (Å²) in [5.74, 6) is -0.691. The molecule has 0 saturated carbocycles. The molecule has 2 aromatic heterocycles. The van der Waals surface area contributed by atoms with Crippen LogP contribution in [0.25, 0.3) is 5.78 Å². The van der Waals surface area contributed by atoms with Crippen LogP contribution in [0.15, 0.2) is 12.4 Å². The summed E-state index contributed by atoms with van der Waals surface area (Å²) in [7, 11) is 0. The summed E-state index contributed by atoms with van der Waals surface area (Å²) in [6, 6.07) is 1.54. The van der Waals surface area contributed by atoms with Crippen molar-refractivity contribution in [2.45, 2.75) is 19.8 Å². The first-order valence-electron chi connectivity index (χ1n) is 4.65. The molecule has 15 heavy (non-hydrogen) atoms. The van der Waals surface area contributed by atoms with E-state index in [2.05, 4.69) is 15.1 Å². The molecule has 0 aliphatic rings. The minimum Gasteiger partial charge on any atom is -0.477 e. The van der Waals surface area contributed by atoms with E-state index < -0.39 is 5.97 Å². The SMILES string of the molecule is CCCc1cc(C(=O)O)n2ncnc2n1. The van der Waals surface area contributed by atoms with Gasteiger partial charge in [-0.1, -0.05) is 13.3 Å². The fraction of sp³-hybridized carbons (Fsp3) is 0.333. The lowest BCUT2D eigenvalue weighted by molar-refractivity contribution is 0.0687. The smallest absolute Gasteiger partial charge is 0.354 e. The second-order valence-corrected chi connectivity index (χ2v) is 3.16. The van der Waals surface area contributed by atoms with Gasteiger partial charge >= 0.3 is 5.97 Å². The largest absolute Gasteiger partial charge is 0.477 e. The predicted molar refractivity (Wildman–Crippen MR) is 51.7 cm³/mol. The zero-order valence-electron chi connectivity index (χ0n) is 8.21. The highest BCUT2D eigenvalue weighted by Gasteiger charge is 2.12. The van der Waals surface area contributed by atoms with Crippen molar-refractivity contribution in [3.63, 3.8) is 0 Å². The zero-order valence-corrected chi connectivity index (χ0v) is 8.21. The van der Waals surface area contributed by atoms with E-state index in [0.29, 0.717) is 5.78 Å². The van der Waals surface area contributed by atoms with E-state index in [0.717, 1.165) is 18.5 Å². The third kappa shape index (κ3) is 1.65. The number of hydrogen-bond donors (Lipinski definition) is 1. The zero-order chi connectivity index (χ0) is 10.8. The molecule has 0 unspecified atom stereocenters. The highest BCUT2D eigenvalue weighted by molar-refractivity contribution is 5.86. The number of carbonyl (C=O) groups is 1. The van der Waals surface area contributed by atoms with Crippen LogP contribution in [-0.4, -0.2) is 30.7 Å². The molecular formula is C9H10N4O2. The summed E-state index contributed by atoms with van der Waals surface area (Å²) in [5, 5.41) is 12.8. The van der Waals surface area contributed by atoms with Gasteiger partial charge in [0.2, 0.25) is 0 Å². The van der Waals surface area contributed by atoms with Gasteiger partial charge in [-0.15, -0.1) is 0 Å². The maximum atomic E-state index is 11.0. The Bertz CT molecular complexity index is 506. The summed E-state index contributed by atoms with van der Waals surface area (Å²) in [4.78, 5) is 19.0. The van der Waals surface area contributed by atoms with Gasteiger partial charge in [-0.2, -0.15) is 14.6 Å². The monoisotopic (exact) mass is 206 g/mol. The lowest BCUT2D eigenvalue weighted by Gasteiger charge is -2.02. The Hall–Kier alpha value is -1.98. The molecule has 0 amide bonds. The minimum absolute atomic E-state index is 0.0981. The normalized spacial score (nSPS) is 10.7. The number of nitrogens with zero attached hydrogens (tertiary/aromatic N) is 4.